The van der Waals surface area contributed by atoms with E-state index in [1.807, 2.05) is 18.2 Å². The summed E-state index contributed by atoms with van der Waals surface area (Å²) in [6.45, 7) is 4.20. The lowest BCUT2D eigenvalue weighted by Crippen LogP contribution is -2.26. The van der Waals surface area contributed by atoms with Gasteiger partial charge in [-0.1, -0.05) is 41.5 Å². The molecule has 2 aromatic carbocycles. The molecule has 0 atom stereocenters. The Labute approximate surface area is 162 Å². The molecule has 3 aromatic rings. The highest BCUT2D eigenvalue weighted by atomic mass is 35.5. The van der Waals surface area contributed by atoms with Crippen LogP contribution in [-0.4, -0.2) is 34.6 Å². The fraction of sp³-hybridized carbons (Fsp3) is 0.150. The molecule has 0 unspecified atom stereocenters. The van der Waals surface area contributed by atoms with Crippen molar-refractivity contribution in [3.05, 3.63) is 77.7 Å². The molecule has 7 heteroatoms. The van der Waals surface area contributed by atoms with Crippen LogP contribution in [0.4, 0.5) is 0 Å². The first-order valence-corrected chi connectivity index (χ1v) is 8.63. The Morgan fingerprint density at radius 3 is 2.70 bits per heavy atom. The van der Waals surface area contributed by atoms with Crippen molar-refractivity contribution in [1.29, 1.82) is 0 Å². The van der Waals surface area contributed by atoms with Gasteiger partial charge < -0.3 is 14.2 Å². The number of carbonyl (C=O) groups is 1. The largest absolute Gasteiger partial charge is 0.490 e. The Kier molecular flexibility index (Phi) is 5.88. The standard InChI is InChI=1S/C20H18ClN3O3/c1-3-12-26-15-10-8-14(9-11-15)20(25)24(2)13-18-22-19(23-27-18)16-6-4-5-7-17(16)21/h3-11H,1,12-13H2,2H3. The van der Waals surface area contributed by atoms with E-state index in [2.05, 4.69) is 16.7 Å². The van der Waals surface area contributed by atoms with Crippen LogP contribution in [0.3, 0.4) is 0 Å². The van der Waals surface area contributed by atoms with Crippen molar-refractivity contribution in [1.82, 2.24) is 15.0 Å². The molecule has 0 aliphatic carbocycles. The number of ether oxygens (including phenoxy) is 1. The summed E-state index contributed by atoms with van der Waals surface area (Å²) < 4.78 is 10.7. The molecule has 3 rings (SSSR count). The maximum Gasteiger partial charge on any atom is 0.254 e. The molecule has 0 aliphatic heterocycles. The molecule has 0 bridgehead atoms. The van der Waals surface area contributed by atoms with Crippen molar-refractivity contribution in [3.8, 4) is 17.1 Å². The van der Waals surface area contributed by atoms with Crippen LogP contribution in [0, 0.1) is 0 Å². The molecule has 1 amide bonds. The van der Waals surface area contributed by atoms with Crippen LogP contribution in [0.1, 0.15) is 16.2 Å². The lowest BCUT2D eigenvalue weighted by Gasteiger charge is -2.15. The zero-order valence-electron chi connectivity index (χ0n) is 14.8. The molecule has 6 nitrogen and oxygen atoms in total. The van der Waals surface area contributed by atoms with Crippen LogP contribution in [0.15, 0.2) is 65.7 Å². The SMILES string of the molecule is C=CCOc1ccc(C(=O)N(C)Cc2nc(-c3ccccc3Cl)no2)cc1. The molecule has 0 aliphatic rings. The van der Waals surface area contributed by atoms with E-state index in [0.717, 1.165) is 0 Å². The minimum atomic E-state index is -0.164. The number of halogens is 1. The number of nitrogens with zero attached hydrogens (tertiary/aromatic N) is 3. The highest BCUT2D eigenvalue weighted by molar-refractivity contribution is 6.33. The second-order valence-corrected chi connectivity index (χ2v) is 6.18. The van der Waals surface area contributed by atoms with Gasteiger partial charge in [-0.15, -0.1) is 0 Å². The van der Waals surface area contributed by atoms with Gasteiger partial charge in [-0.2, -0.15) is 4.98 Å². The summed E-state index contributed by atoms with van der Waals surface area (Å²) >= 11 is 6.15. The molecule has 0 saturated heterocycles. The molecule has 0 radical (unpaired) electrons. The first-order valence-electron chi connectivity index (χ1n) is 8.25. The fourth-order valence-electron chi connectivity index (χ4n) is 2.42. The van der Waals surface area contributed by atoms with E-state index < -0.39 is 0 Å². The minimum absolute atomic E-state index is 0.164. The quantitative estimate of drug-likeness (QED) is 0.571. The monoisotopic (exact) mass is 383 g/mol. The lowest BCUT2D eigenvalue weighted by molar-refractivity contribution is 0.0769. The Morgan fingerprint density at radius 2 is 2.00 bits per heavy atom. The van der Waals surface area contributed by atoms with Gasteiger partial charge in [0.25, 0.3) is 5.91 Å². The lowest BCUT2D eigenvalue weighted by atomic mass is 10.2. The van der Waals surface area contributed by atoms with Gasteiger partial charge in [0.1, 0.15) is 12.4 Å². The normalized spacial score (nSPS) is 10.4. The van der Waals surface area contributed by atoms with Crippen molar-refractivity contribution >= 4 is 17.5 Å². The molecule has 0 saturated carbocycles. The molecular weight excluding hydrogens is 366 g/mol. The molecule has 0 fully saturated rings. The predicted molar refractivity (Wildman–Crippen MR) is 103 cm³/mol. The Morgan fingerprint density at radius 1 is 1.26 bits per heavy atom. The highest BCUT2D eigenvalue weighted by Crippen LogP contribution is 2.25. The second kappa shape index (κ2) is 8.51. The van der Waals surface area contributed by atoms with E-state index in [0.29, 0.717) is 40.2 Å². The first kappa shape index (κ1) is 18.7. The van der Waals surface area contributed by atoms with E-state index in [9.17, 15) is 4.79 Å². The Bertz CT molecular complexity index is 938. The molecular formula is C20H18ClN3O3. The van der Waals surface area contributed by atoms with Gasteiger partial charge in [-0.25, -0.2) is 0 Å². The number of aromatic nitrogens is 2. The summed E-state index contributed by atoms with van der Waals surface area (Å²) in [5.41, 5.74) is 1.22. The van der Waals surface area contributed by atoms with E-state index in [-0.39, 0.29) is 12.5 Å². The fourth-order valence-corrected chi connectivity index (χ4v) is 2.64. The summed E-state index contributed by atoms with van der Waals surface area (Å²) in [6, 6.07) is 14.1. The van der Waals surface area contributed by atoms with Crippen LogP contribution in [0.5, 0.6) is 5.75 Å². The first-order chi connectivity index (χ1) is 13.1. The van der Waals surface area contributed by atoms with Gasteiger partial charge in [-0.3, -0.25) is 4.79 Å². The topological polar surface area (TPSA) is 68.5 Å². The zero-order chi connectivity index (χ0) is 19.2. The molecule has 138 valence electrons. The van der Waals surface area contributed by atoms with Crippen molar-refractivity contribution in [2.45, 2.75) is 6.54 Å². The van der Waals surface area contributed by atoms with Crippen LogP contribution >= 0.6 is 11.6 Å². The van der Waals surface area contributed by atoms with Gasteiger partial charge in [0, 0.05) is 18.2 Å². The van der Waals surface area contributed by atoms with Gasteiger partial charge in [0.2, 0.25) is 11.7 Å². The van der Waals surface area contributed by atoms with E-state index >= 15 is 0 Å². The third kappa shape index (κ3) is 4.54. The third-order valence-corrected chi connectivity index (χ3v) is 4.10. The number of benzene rings is 2. The predicted octanol–water partition coefficient (Wildman–Crippen LogP) is 4.23. The van der Waals surface area contributed by atoms with Crippen LogP contribution in [0.2, 0.25) is 5.02 Å². The zero-order valence-corrected chi connectivity index (χ0v) is 15.5. The van der Waals surface area contributed by atoms with Gasteiger partial charge in [0.15, 0.2) is 0 Å². The number of amides is 1. The maximum atomic E-state index is 12.6. The number of hydrogen-bond donors (Lipinski definition) is 0. The van der Waals surface area contributed by atoms with E-state index in [1.165, 1.54) is 4.90 Å². The minimum Gasteiger partial charge on any atom is -0.490 e. The molecule has 1 aromatic heterocycles. The van der Waals surface area contributed by atoms with Crippen LogP contribution in [-0.2, 0) is 6.54 Å². The van der Waals surface area contributed by atoms with Crippen molar-refractivity contribution in [2.24, 2.45) is 0 Å². The number of carbonyl (C=O) groups excluding carboxylic acids is 1. The summed E-state index contributed by atoms with van der Waals surface area (Å²) in [5, 5.41) is 4.47. The van der Waals surface area contributed by atoms with Gasteiger partial charge >= 0.3 is 0 Å². The van der Waals surface area contributed by atoms with E-state index in [4.69, 9.17) is 20.9 Å². The third-order valence-electron chi connectivity index (χ3n) is 3.77. The number of rotatable bonds is 7. The van der Waals surface area contributed by atoms with Crippen molar-refractivity contribution < 1.29 is 14.1 Å². The summed E-state index contributed by atoms with van der Waals surface area (Å²) in [4.78, 5) is 18.4. The van der Waals surface area contributed by atoms with Crippen LogP contribution < -0.4 is 4.74 Å². The van der Waals surface area contributed by atoms with Gasteiger partial charge in [0.05, 0.1) is 11.6 Å². The Balaban J connectivity index is 1.66. The summed E-state index contributed by atoms with van der Waals surface area (Å²) in [5.74, 6) is 1.23. The number of hydrogen-bond acceptors (Lipinski definition) is 5. The second-order valence-electron chi connectivity index (χ2n) is 5.78. The van der Waals surface area contributed by atoms with Crippen molar-refractivity contribution in [2.75, 3.05) is 13.7 Å². The average Bonchev–Trinajstić information content (AvgIpc) is 3.14. The van der Waals surface area contributed by atoms with Crippen molar-refractivity contribution in [3.63, 3.8) is 0 Å². The average molecular weight is 384 g/mol. The summed E-state index contributed by atoms with van der Waals surface area (Å²) in [7, 11) is 1.67. The van der Waals surface area contributed by atoms with Crippen LogP contribution in [0.25, 0.3) is 11.4 Å². The smallest absolute Gasteiger partial charge is 0.254 e. The molecule has 1 heterocycles. The molecule has 27 heavy (non-hydrogen) atoms. The maximum absolute atomic E-state index is 12.6. The molecule has 0 N–H and O–H groups in total. The Hall–Kier alpha value is -3.12. The molecule has 0 spiro atoms. The van der Waals surface area contributed by atoms with E-state index in [1.54, 1.807) is 43.5 Å². The summed E-state index contributed by atoms with van der Waals surface area (Å²) in [6.07, 6.45) is 1.66. The highest BCUT2D eigenvalue weighted by Gasteiger charge is 2.17. The van der Waals surface area contributed by atoms with Gasteiger partial charge in [-0.05, 0) is 36.4 Å².